The Hall–Kier alpha value is -3.15. The molecule has 1 N–H and O–H groups in total. The Morgan fingerprint density at radius 3 is 2.38 bits per heavy atom. The van der Waals surface area contributed by atoms with Crippen molar-refractivity contribution in [2.45, 2.75) is 13.8 Å². The highest BCUT2D eigenvalue weighted by Crippen LogP contribution is 2.20. The summed E-state index contributed by atoms with van der Waals surface area (Å²) in [5.41, 5.74) is 2.03. The van der Waals surface area contributed by atoms with E-state index in [1.807, 2.05) is 19.1 Å². The van der Waals surface area contributed by atoms with E-state index in [0.717, 1.165) is 11.3 Å². The van der Waals surface area contributed by atoms with Crippen LogP contribution in [0.3, 0.4) is 0 Å². The number of nitrogens with one attached hydrogen (secondary N) is 1. The van der Waals surface area contributed by atoms with Crippen LogP contribution in [0.25, 0.3) is 11.5 Å². The Balaban J connectivity index is 1.68. The lowest BCUT2D eigenvalue weighted by Gasteiger charge is -2.07. The van der Waals surface area contributed by atoms with Crippen molar-refractivity contribution >= 4 is 11.6 Å². The lowest BCUT2D eigenvalue weighted by molar-refractivity contribution is 0.102. The van der Waals surface area contributed by atoms with E-state index in [4.69, 9.17) is 9.15 Å². The van der Waals surface area contributed by atoms with Gasteiger partial charge in [-0.15, -0.1) is 10.2 Å². The fraction of sp³-hybridized carbons (Fsp3) is 0.167. The van der Waals surface area contributed by atoms with E-state index >= 15 is 0 Å². The summed E-state index contributed by atoms with van der Waals surface area (Å²) < 4.78 is 10.7. The second-order valence-electron chi connectivity index (χ2n) is 5.12. The fourth-order valence-corrected chi connectivity index (χ4v) is 2.18. The molecule has 0 bridgehead atoms. The minimum atomic E-state index is -0.188. The third-order valence-electron chi connectivity index (χ3n) is 3.34. The second-order valence-corrected chi connectivity index (χ2v) is 5.12. The monoisotopic (exact) mass is 323 g/mol. The van der Waals surface area contributed by atoms with Gasteiger partial charge in [-0.25, -0.2) is 0 Å². The van der Waals surface area contributed by atoms with Crippen LogP contribution in [0.4, 0.5) is 5.69 Å². The summed E-state index contributed by atoms with van der Waals surface area (Å²) in [5.74, 6) is 1.52. The Morgan fingerprint density at radius 2 is 1.79 bits per heavy atom. The molecule has 0 spiro atoms. The van der Waals surface area contributed by atoms with E-state index in [1.165, 1.54) is 0 Å². The standard InChI is InChI=1S/C18H17N3O3/c1-3-23-16-10-8-15(9-11-16)19-17(22)13-4-6-14(7-5-13)18-21-20-12(2)24-18/h4-11H,3H2,1-2H3,(H,19,22). The lowest BCUT2D eigenvalue weighted by atomic mass is 10.1. The number of rotatable bonds is 5. The molecule has 0 aliphatic heterocycles. The number of carbonyl (C=O) groups excluding carboxylic acids is 1. The third kappa shape index (κ3) is 3.60. The van der Waals surface area contributed by atoms with Crippen LogP contribution in [-0.4, -0.2) is 22.7 Å². The van der Waals surface area contributed by atoms with Crippen LogP contribution in [0.1, 0.15) is 23.2 Å². The molecule has 24 heavy (non-hydrogen) atoms. The zero-order valence-electron chi connectivity index (χ0n) is 13.4. The van der Waals surface area contributed by atoms with Crippen molar-refractivity contribution in [3.63, 3.8) is 0 Å². The zero-order valence-corrected chi connectivity index (χ0v) is 13.4. The number of nitrogens with zero attached hydrogens (tertiary/aromatic N) is 2. The van der Waals surface area contributed by atoms with E-state index < -0.39 is 0 Å². The molecule has 3 rings (SSSR count). The predicted octanol–water partition coefficient (Wildman–Crippen LogP) is 3.70. The molecule has 1 amide bonds. The van der Waals surface area contributed by atoms with Gasteiger partial charge in [0.2, 0.25) is 11.8 Å². The van der Waals surface area contributed by atoms with Gasteiger partial charge < -0.3 is 14.5 Å². The van der Waals surface area contributed by atoms with E-state index in [9.17, 15) is 4.79 Å². The normalized spacial score (nSPS) is 10.4. The Bertz CT molecular complexity index is 823. The SMILES string of the molecule is CCOc1ccc(NC(=O)c2ccc(-c3nnc(C)o3)cc2)cc1. The minimum absolute atomic E-state index is 0.188. The largest absolute Gasteiger partial charge is 0.494 e. The fourth-order valence-electron chi connectivity index (χ4n) is 2.18. The molecule has 122 valence electrons. The molecule has 1 heterocycles. The maximum Gasteiger partial charge on any atom is 0.255 e. The van der Waals surface area contributed by atoms with Gasteiger partial charge in [-0.3, -0.25) is 4.79 Å². The molecule has 0 unspecified atom stereocenters. The summed E-state index contributed by atoms with van der Waals surface area (Å²) in [4.78, 5) is 12.3. The van der Waals surface area contributed by atoms with Gasteiger partial charge in [-0.2, -0.15) is 0 Å². The van der Waals surface area contributed by atoms with Crippen LogP contribution in [0.5, 0.6) is 5.75 Å². The number of anilines is 1. The van der Waals surface area contributed by atoms with Crippen molar-refractivity contribution in [1.29, 1.82) is 0 Å². The molecule has 1 aromatic heterocycles. The molecule has 0 aliphatic rings. The number of hydrogen-bond donors (Lipinski definition) is 1. The highest BCUT2D eigenvalue weighted by atomic mass is 16.5. The first kappa shape index (κ1) is 15.7. The van der Waals surface area contributed by atoms with Crippen molar-refractivity contribution in [3.05, 3.63) is 60.0 Å². The van der Waals surface area contributed by atoms with Crippen molar-refractivity contribution in [3.8, 4) is 17.2 Å². The van der Waals surface area contributed by atoms with Crippen LogP contribution in [0.15, 0.2) is 52.9 Å². The Kier molecular flexibility index (Phi) is 4.56. The summed E-state index contributed by atoms with van der Waals surface area (Å²) in [6.45, 7) is 4.27. The van der Waals surface area contributed by atoms with Gasteiger partial charge in [0.05, 0.1) is 6.61 Å². The topological polar surface area (TPSA) is 77.2 Å². The second kappa shape index (κ2) is 6.95. The van der Waals surface area contributed by atoms with Gasteiger partial charge in [-0.05, 0) is 55.5 Å². The molecule has 0 radical (unpaired) electrons. The number of amides is 1. The summed E-state index contributed by atoms with van der Waals surface area (Å²) in [7, 11) is 0. The first-order chi connectivity index (χ1) is 11.7. The molecule has 6 heteroatoms. The maximum atomic E-state index is 12.3. The quantitative estimate of drug-likeness (QED) is 0.774. The number of aryl methyl sites for hydroxylation is 1. The number of ether oxygens (including phenoxy) is 1. The number of hydrogen-bond acceptors (Lipinski definition) is 5. The smallest absolute Gasteiger partial charge is 0.255 e. The first-order valence-electron chi connectivity index (χ1n) is 7.60. The highest BCUT2D eigenvalue weighted by Gasteiger charge is 2.09. The van der Waals surface area contributed by atoms with Crippen LogP contribution >= 0.6 is 0 Å². The summed E-state index contributed by atoms with van der Waals surface area (Å²) in [6, 6.07) is 14.2. The molecule has 6 nitrogen and oxygen atoms in total. The molecular weight excluding hydrogens is 306 g/mol. The number of aromatic nitrogens is 2. The summed E-state index contributed by atoms with van der Waals surface area (Å²) in [6.07, 6.45) is 0. The van der Waals surface area contributed by atoms with Gasteiger partial charge in [-0.1, -0.05) is 0 Å². The molecule has 0 atom stereocenters. The van der Waals surface area contributed by atoms with Gasteiger partial charge in [0, 0.05) is 23.7 Å². The lowest BCUT2D eigenvalue weighted by Crippen LogP contribution is -2.11. The van der Waals surface area contributed by atoms with Gasteiger partial charge in [0.1, 0.15) is 5.75 Å². The average molecular weight is 323 g/mol. The van der Waals surface area contributed by atoms with Crippen LogP contribution in [0.2, 0.25) is 0 Å². The summed E-state index contributed by atoms with van der Waals surface area (Å²) >= 11 is 0. The maximum absolute atomic E-state index is 12.3. The highest BCUT2D eigenvalue weighted by molar-refractivity contribution is 6.04. The molecule has 0 fully saturated rings. The van der Waals surface area contributed by atoms with Gasteiger partial charge in [0.15, 0.2) is 0 Å². The molecule has 3 aromatic rings. The first-order valence-corrected chi connectivity index (χ1v) is 7.60. The van der Waals surface area contributed by atoms with Crippen molar-refractivity contribution in [1.82, 2.24) is 10.2 Å². The average Bonchev–Trinajstić information content (AvgIpc) is 3.03. The predicted molar refractivity (Wildman–Crippen MR) is 90.0 cm³/mol. The Labute approximate surface area is 139 Å². The third-order valence-corrected chi connectivity index (χ3v) is 3.34. The molecule has 2 aromatic carbocycles. The van der Waals surface area contributed by atoms with Crippen molar-refractivity contribution in [2.75, 3.05) is 11.9 Å². The van der Waals surface area contributed by atoms with Gasteiger partial charge in [0.25, 0.3) is 5.91 Å². The number of carbonyl (C=O) groups is 1. The molecule has 0 aliphatic carbocycles. The van der Waals surface area contributed by atoms with E-state index in [2.05, 4.69) is 15.5 Å². The minimum Gasteiger partial charge on any atom is -0.494 e. The van der Waals surface area contributed by atoms with Crippen LogP contribution < -0.4 is 10.1 Å². The molecular formula is C18H17N3O3. The molecule has 0 saturated carbocycles. The van der Waals surface area contributed by atoms with E-state index in [1.54, 1.807) is 43.3 Å². The van der Waals surface area contributed by atoms with Crippen LogP contribution in [-0.2, 0) is 0 Å². The van der Waals surface area contributed by atoms with E-state index in [0.29, 0.717) is 29.6 Å². The zero-order chi connectivity index (χ0) is 16.9. The van der Waals surface area contributed by atoms with Crippen molar-refractivity contribution < 1.29 is 13.9 Å². The summed E-state index contributed by atoms with van der Waals surface area (Å²) in [5, 5.41) is 10.6. The van der Waals surface area contributed by atoms with Crippen molar-refractivity contribution in [2.24, 2.45) is 0 Å². The molecule has 0 saturated heterocycles. The number of benzene rings is 2. The van der Waals surface area contributed by atoms with Gasteiger partial charge >= 0.3 is 0 Å². The van der Waals surface area contributed by atoms with Crippen LogP contribution in [0, 0.1) is 6.92 Å². The van der Waals surface area contributed by atoms with E-state index in [-0.39, 0.29) is 5.91 Å². The Morgan fingerprint density at radius 1 is 1.08 bits per heavy atom.